The lowest BCUT2D eigenvalue weighted by Gasteiger charge is -2.10. The smallest absolute Gasteiger partial charge is 0.389 e. The minimum Gasteiger partial charge on any atom is -0.394 e. The number of halogens is 3. The number of hydrogen-bond donors (Lipinski definition) is 2. The third-order valence-electron chi connectivity index (χ3n) is 2.65. The number of nitrogens with zero attached hydrogens (tertiary/aromatic N) is 2. The largest absolute Gasteiger partial charge is 0.394 e. The van der Waals surface area contributed by atoms with Gasteiger partial charge in [0.1, 0.15) is 5.82 Å². The van der Waals surface area contributed by atoms with E-state index in [1.54, 1.807) is 11.6 Å². The second kappa shape index (κ2) is 5.97. The molecule has 0 aliphatic rings. The SMILES string of the molecule is CCn1nc(C)c(N)c1NCCCCC(F)(F)F. The zero-order valence-corrected chi connectivity index (χ0v) is 10.6. The van der Waals surface area contributed by atoms with Gasteiger partial charge in [-0.15, -0.1) is 0 Å². The van der Waals surface area contributed by atoms with E-state index in [1.165, 1.54) is 0 Å². The summed E-state index contributed by atoms with van der Waals surface area (Å²) in [6, 6.07) is 0. The van der Waals surface area contributed by atoms with E-state index in [-0.39, 0.29) is 6.42 Å². The van der Waals surface area contributed by atoms with E-state index < -0.39 is 12.6 Å². The predicted molar refractivity (Wildman–Crippen MR) is 65.4 cm³/mol. The number of nitrogens with two attached hydrogens (primary N) is 1. The van der Waals surface area contributed by atoms with Gasteiger partial charge in [-0.2, -0.15) is 18.3 Å². The van der Waals surface area contributed by atoms with Crippen molar-refractivity contribution in [3.05, 3.63) is 5.69 Å². The van der Waals surface area contributed by atoms with Crippen LogP contribution >= 0.6 is 0 Å². The molecule has 0 spiro atoms. The molecule has 1 rings (SSSR count). The number of nitrogens with one attached hydrogen (secondary N) is 1. The first-order valence-electron chi connectivity index (χ1n) is 5.98. The number of hydrogen-bond acceptors (Lipinski definition) is 3. The van der Waals surface area contributed by atoms with E-state index in [0.717, 1.165) is 5.69 Å². The van der Waals surface area contributed by atoms with Gasteiger partial charge in [-0.1, -0.05) is 0 Å². The Morgan fingerprint density at radius 1 is 1.33 bits per heavy atom. The van der Waals surface area contributed by atoms with Gasteiger partial charge in [0, 0.05) is 19.5 Å². The van der Waals surface area contributed by atoms with Crippen molar-refractivity contribution in [2.75, 3.05) is 17.6 Å². The molecule has 1 aromatic rings. The van der Waals surface area contributed by atoms with E-state index in [2.05, 4.69) is 10.4 Å². The topological polar surface area (TPSA) is 55.9 Å². The van der Waals surface area contributed by atoms with Crippen LogP contribution < -0.4 is 11.1 Å². The molecule has 0 aromatic carbocycles. The van der Waals surface area contributed by atoms with Crippen molar-refractivity contribution in [1.82, 2.24) is 9.78 Å². The van der Waals surface area contributed by atoms with Crippen molar-refractivity contribution in [3.8, 4) is 0 Å². The molecule has 0 radical (unpaired) electrons. The molecule has 0 atom stereocenters. The Labute approximate surface area is 104 Å². The molecular weight excluding hydrogens is 245 g/mol. The van der Waals surface area contributed by atoms with Crippen LogP contribution in [0, 0.1) is 6.92 Å². The number of alkyl halides is 3. The lowest BCUT2D eigenvalue weighted by Crippen LogP contribution is -2.11. The van der Waals surface area contributed by atoms with Crippen LogP contribution in [-0.4, -0.2) is 22.5 Å². The van der Waals surface area contributed by atoms with E-state index in [4.69, 9.17) is 5.73 Å². The quantitative estimate of drug-likeness (QED) is 0.777. The maximum Gasteiger partial charge on any atom is 0.389 e. The van der Waals surface area contributed by atoms with Crippen molar-refractivity contribution >= 4 is 11.5 Å². The monoisotopic (exact) mass is 264 g/mol. The first kappa shape index (κ1) is 14.7. The first-order chi connectivity index (χ1) is 8.35. The maximum atomic E-state index is 11.9. The van der Waals surface area contributed by atoms with Gasteiger partial charge < -0.3 is 11.1 Å². The average molecular weight is 264 g/mol. The van der Waals surface area contributed by atoms with Crippen LogP contribution in [0.15, 0.2) is 0 Å². The Bertz CT molecular complexity index is 384. The summed E-state index contributed by atoms with van der Waals surface area (Å²) in [5, 5.41) is 7.26. The van der Waals surface area contributed by atoms with Gasteiger partial charge in [0.15, 0.2) is 0 Å². The van der Waals surface area contributed by atoms with E-state index >= 15 is 0 Å². The molecule has 0 aliphatic heterocycles. The summed E-state index contributed by atoms with van der Waals surface area (Å²) >= 11 is 0. The van der Waals surface area contributed by atoms with Crippen molar-refractivity contribution in [2.45, 2.75) is 45.8 Å². The molecule has 0 unspecified atom stereocenters. The number of anilines is 2. The molecule has 0 fully saturated rings. The summed E-state index contributed by atoms with van der Waals surface area (Å²) in [6.07, 6.45) is -4.24. The Balaban J connectivity index is 2.40. The van der Waals surface area contributed by atoms with Crippen LogP contribution in [0.25, 0.3) is 0 Å². The van der Waals surface area contributed by atoms with E-state index in [9.17, 15) is 13.2 Å². The van der Waals surface area contributed by atoms with Crippen molar-refractivity contribution < 1.29 is 13.2 Å². The van der Waals surface area contributed by atoms with Gasteiger partial charge in [0.2, 0.25) is 0 Å². The molecule has 0 bridgehead atoms. The highest BCUT2D eigenvalue weighted by molar-refractivity contribution is 5.64. The van der Waals surface area contributed by atoms with Crippen molar-refractivity contribution in [1.29, 1.82) is 0 Å². The molecule has 7 heteroatoms. The highest BCUT2D eigenvalue weighted by Gasteiger charge is 2.25. The Kier molecular flexibility index (Phi) is 4.86. The third kappa shape index (κ3) is 4.12. The number of aryl methyl sites for hydroxylation is 2. The first-order valence-corrected chi connectivity index (χ1v) is 5.98. The van der Waals surface area contributed by atoms with Crippen LogP contribution in [0.5, 0.6) is 0 Å². The molecule has 1 aromatic heterocycles. The fourth-order valence-electron chi connectivity index (χ4n) is 1.67. The van der Waals surface area contributed by atoms with Crippen molar-refractivity contribution in [2.24, 2.45) is 0 Å². The third-order valence-corrected chi connectivity index (χ3v) is 2.65. The predicted octanol–water partition coefficient (Wildman–Crippen LogP) is 2.94. The zero-order valence-electron chi connectivity index (χ0n) is 10.6. The minimum absolute atomic E-state index is 0.121. The number of rotatable bonds is 6. The number of unbranched alkanes of at least 4 members (excludes halogenated alkanes) is 1. The van der Waals surface area contributed by atoms with Crippen LogP contribution in [0.3, 0.4) is 0 Å². The zero-order chi connectivity index (χ0) is 13.8. The highest BCUT2D eigenvalue weighted by atomic mass is 19.4. The summed E-state index contributed by atoms with van der Waals surface area (Å²) in [6.45, 7) is 4.87. The van der Waals surface area contributed by atoms with Gasteiger partial charge in [-0.3, -0.25) is 0 Å². The number of aromatic nitrogens is 2. The minimum atomic E-state index is -4.07. The van der Waals surface area contributed by atoms with E-state index in [1.807, 2.05) is 6.92 Å². The highest BCUT2D eigenvalue weighted by Crippen LogP contribution is 2.24. The summed E-state index contributed by atoms with van der Waals surface area (Å²) in [4.78, 5) is 0. The summed E-state index contributed by atoms with van der Waals surface area (Å²) in [7, 11) is 0. The molecule has 3 N–H and O–H groups in total. The fourth-order valence-corrected chi connectivity index (χ4v) is 1.67. The molecule has 1 heterocycles. The normalized spacial score (nSPS) is 11.8. The number of nitrogen functional groups attached to an aromatic ring is 1. The Morgan fingerprint density at radius 2 is 2.00 bits per heavy atom. The summed E-state index contributed by atoms with van der Waals surface area (Å²) in [5.74, 6) is 0.696. The molecule has 18 heavy (non-hydrogen) atoms. The van der Waals surface area contributed by atoms with Crippen LogP contribution in [0.4, 0.5) is 24.7 Å². The summed E-state index contributed by atoms with van der Waals surface area (Å²) < 4.78 is 37.5. The second-order valence-electron chi connectivity index (χ2n) is 4.16. The maximum absolute atomic E-state index is 11.9. The fraction of sp³-hybridized carbons (Fsp3) is 0.727. The Morgan fingerprint density at radius 3 is 2.56 bits per heavy atom. The van der Waals surface area contributed by atoms with Gasteiger partial charge in [-0.05, 0) is 26.7 Å². The Hall–Kier alpha value is -1.40. The molecule has 0 saturated heterocycles. The summed E-state index contributed by atoms with van der Waals surface area (Å²) in [5.41, 5.74) is 7.13. The van der Waals surface area contributed by atoms with Gasteiger partial charge in [0.05, 0.1) is 11.4 Å². The average Bonchev–Trinajstić information content (AvgIpc) is 2.54. The van der Waals surface area contributed by atoms with E-state index in [0.29, 0.717) is 31.0 Å². The molecule has 0 amide bonds. The lowest BCUT2D eigenvalue weighted by atomic mass is 10.2. The molecule has 4 nitrogen and oxygen atoms in total. The van der Waals surface area contributed by atoms with Gasteiger partial charge in [-0.25, -0.2) is 4.68 Å². The lowest BCUT2D eigenvalue weighted by molar-refractivity contribution is -0.135. The van der Waals surface area contributed by atoms with Crippen LogP contribution in [0.2, 0.25) is 0 Å². The standard InChI is InChI=1S/C11H19F3N4/c1-3-18-10(9(15)8(2)17-18)16-7-5-4-6-11(12,13)14/h16H,3-7,15H2,1-2H3. The van der Waals surface area contributed by atoms with Crippen molar-refractivity contribution in [3.63, 3.8) is 0 Å². The van der Waals surface area contributed by atoms with Gasteiger partial charge >= 0.3 is 6.18 Å². The van der Waals surface area contributed by atoms with Gasteiger partial charge in [0.25, 0.3) is 0 Å². The molecular formula is C11H19F3N4. The molecule has 0 saturated carbocycles. The molecule has 104 valence electrons. The second-order valence-corrected chi connectivity index (χ2v) is 4.16. The van der Waals surface area contributed by atoms with Crippen LogP contribution in [-0.2, 0) is 6.54 Å². The molecule has 0 aliphatic carbocycles. The van der Waals surface area contributed by atoms with Crippen LogP contribution in [0.1, 0.15) is 31.9 Å².